The molecule has 0 saturated carbocycles. The summed E-state index contributed by atoms with van der Waals surface area (Å²) in [6.07, 6.45) is 6.77. The van der Waals surface area contributed by atoms with Crippen LogP contribution >= 0.6 is 0 Å². The van der Waals surface area contributed by atoms with E-state index < -0.39 is 0 Å². The van der Waals surface area contributed by atoms with Crippen molar-refractivity contribution in [2.75, 3.05) is 13.1 Å². The van der Waals surface area contributed by atoms with E-state index in [2.05, 4.69) is 81.6 Å². The molecule has 1 aliphatic carbocycles. The number of hydrogen-bond acceptors (Lipinski definition) is 1. The number of hydrogen-bond donors (Lipinski definition) is 1. The molecular formula is C18H28NSi. The zero-order valence-electron chi connectivity index (χ0n) is 13.3. The summed E-state index contributed by atoms with van der Waals surface area (Å²) in [5, 5.41) is 4.64. The topological polar surface area (TPSA) is 12.0 Å². The third-order valence-corrected chi connectivity index (χ3v) is 5.21. The number of nitrogens with one attached hydrogen (secondary N) is 1. The molecule has 0 heterocycles. The Hall–Kier alpha value is -1.12. The lowest BCUT2D eigenvalue weighted by atomic mass is 10.0. The molecule has 20 heavy (non-hydrogen) atoms. The number of rotatable bonds is 5. The maximum absolute atomic E-state index is 3.11. The smallest absolute Gasteiger partial charge is 0.0717 e. The summed E-state index contributed by atoms with van der Waals surface area (Å²) in [5.41, 5.74) is 3.15. The van der Waals surface area contributed by atoms with Crippen LogP contribution in [0.4, 0.5) is 0 Å². The molecule has 2 heteroatoms. The van der Waals surface area contributed by atoms with Crippen molar-refractivity contribution in [2.24, 2.45) is 5.92 Å². The minimum atomic E-state index is -0.264. The zero-order chi connectivity index (χ0) is 14.8. The molecule has 1 radical (unpaired) electrons. The van der Waals surface area contributed by atoms with Crippen LogP contribution in [0.3, 0.4) is 0 Å². The van der Waals surface area contributed by atoms with Gasteiger partial charge in [0.2, 0.25) is 0 Å². The Kier molecular flexibility index (Phi) is 8.24. The largest absolute Gasteiger partial charge is 0.317 e. The van der Waals surface area contributed by atoms with Gasteiger partial charge in [-0.15, -0.1) is 0 Å². The van der Waals surface area contributed by atoms with Gasteiger partial charge in [-0.1, -0.05) is 87.0 Å². The third kappa shape index (κ3) is 5.89. The Labute approximate surface area is 127 Å². The summed E-state index contributed by atoms with van der Waals surface area (Å²) in [7, 11) is -0.264. The normalized spacial score (nSPS) is 14.8. The standard InChI is InChI=1S/C14H17Si.C4H11N/c1-11(2)13-9-6-10-14(13)15-12-7-4-3-5-8-12;1-3-5-4-2/h3-11H,15H2,1-2H3;5H,3-4H2,1-2H3. The van der Waals surface area contributed by atoms with E-state index >= 15 is 0 Å². The van der Waals surface area contributed by atoms with Crippen molar-refractivity contribution in [3.8, 4) is 0 Å². The fraction of sp³-hybridized carbons (Fsp3) is 0.389. The average Bonchev–Trinajstić information content (AvgIpc) is 2.90. The van der Waals surface area contributed by atoms with E-state index in [1.165, 1.54) is 5.19 Å². The summed E-state index contributed by atoms with van der Waals surface area (Å²) in [4.78, 5) is 0. The molecule has 0 atom stereocenters. The molecule has 0 aromatic heterocycles. The second-order valence-corrected chi connectivity index (χ2v) is 7.21. The lowest BCUT2D eigenvalue weighted by Gasteiger charge is -2.15. The van der Waals surface area contributed by atoms with Gasteiger partial charge in [-0.3, -0.25) is 0 Å². The van der Waals surface area contributed by atoms with Crippen molar-refractivity contribution in [2.45, 2.75) is 27.7 Å². The van der Waals surface area contributed by atoms with Crippen molar-refractivity contribution in [1.29, 1.82) is 0 Å². The van der Waals surface area contributed by atoms with Crippen molar-refractivity contribution >= 4 is 14.7 Å². The maximum Gasteiger partial charge on any atom is 0.0717 e. The Morgan fingerprint density at radius 3 is 2.20 bits per heavy atom. The quantitative estimate of drug-likeness (QED) is 0.821. The van der Waals surface area contributed by atoms with E-state index in [-0.39, 0.29) is 9.52 Å². The molecule has 1 aliphatic rings. The molecule has 0 saturated heterocycles. The Bertz CT molecular complexity index is 418. The highest BCUT2D eigenvalue weighted by Crippen LogP contribution is 2.26. The number of allylic oxidation sites excluding steroid dienone is 4. The summed E-state index contributed by atoms with van der Waals surface area (Å²) in [5.74, 6) is 0.659. The van der Waals surface area contributed by atoms with Crippen molar-refractivity contribution in [3.05, 3.63) is 59.7 Å². The van der Waals surface area contributed by atoms with Gasteiger partial charge in [-0.2, -0.15) is 0 Å². The fourth-order valence-corrected chi connectivity index (χ4v) is 4.19. The van der Waals surface area contributed by atoms with E-state index in [4.69, 9.17) is 0 Å². The lowest BCUT2D eigenvalue weighted by molar-refractivity contribution is 0.762. The summed E-state index contributed by atoms with van der Waals surface area (Å²) < 4.78 is 0. The Morgan fingerprint density at radius 2 is 1.70 bits per heavy atom. The van der Waals surface area contributed by atoms with E-state index in [0.29, 0.717) is 5.92 Å². The molecule has 0 unspecified atom stereocenters. The highest BCUT2D eigenvalue weighted by atomic mass is 28.2. The molecule has 1 aromatic carbocycles. The zero-order valence-corrected chi connectivity index (χ0v) is 14.7. The highest BCUT2D eigenvalue weighted by molar-refractivity contribution is 6.61. The van der Waals surface area contributed by atoms with Gasteiger partial charge < -0.3 is 5.32 Å². The van der Waals surface area contributed by atoms with Crippen LogP contribution in [-0.2, 0) is 0 Å². The van der Waals surface area contributed by atoms with Gasteiger partial charge in [0, 0.05) is 5.54 Å². The maximum atomic E-state index is 3.11. The summed E-state index contributed by atoms with van der Waals surface area (Å²) in [6, 6.07) is 10.9. The molecule has 0 aliphatic heterocycles. The molecule has 0 fully saturated rings. The van der Waals surface area contributed by atoms with Crippen molar-refractivity contribution in [1.82, 2.24) is 5.32 Å². The van der Waals surface area contributed by atoms with Gasteiger partial charge >= 0.3 is 0 Å². The van der Waals surface area contributed by atoms with Crippen LogP contribution in [0.1, 0.15) is 27.7 Å². The van der Waals surface area contributed by atoms with Crippen LogP contribution in [0, 0.1) is 11.5 Å². The third-order valence-electron chi connectivity index (χ3n) is 3.30. The molecule has 0 bridgehead atoms. The molecule has 0 amide bonds. The molecule has 1 N–H and O–H groups in total. The molecule has 2 rings (SSSR count). The molecule has 0 spiro atoms. The van der Waals surface area contributed by atoms with Crippen LogP contribution in [0.2, 0.25) is 0 Å². The minimum Gasteiger partial charge on any atom is -0.317 e. The van der Waals surface area contributed by atoms with Crippen LogP contribution in [0.15, 0.2) is 54.1 Å². The van der Waals surface area contributed by atoms with Gasteiger partial charge in [-0.05, 0) is 19.0 Å². The first-order valence-corrected chi connectivity index (χ1v) is 9.09. The fourth-order valence-electron chi connectivity index (χ4n) is 2.26. The van der Waals surface area contributed by atoms with Crippen LogP contribution < -0.4 is 10.5 Å². The van der Waals surface area contributed by atoms with Crippen molar-refractivity contribution in [3.63, 3.8) is 0 Å². The van der Waals surface area contributed by atoms with E-state index in [0.717, 1.165) is 13.1 Å². The van der Waals surface area contributed by atoms with Gasteiger partial charge in [0.1, 0.15) is 0 Å². The van der Waals surface area contributed by atoms with Crippen LogP contribution in [0.25, 0.3) is 0 Å². The predicted molar refractivity (Wildman–Crippen MR) is 94.1 cm³/mol. The first kappa shape index (κ1) is 16.9. The van der Waals surface area contributed by atoms with Gasteiger partial charge in [0.25, 0.3) is 0 Å². The summed E-state index contributed by atoms with van der Waals surface area (Å²) in [6.45, 7) is 10.9. The molecule has 1 nitrogen and oxygen atoms in total. The van der Waals surface area contributed by atoms with E-state index in [9.17, 15) is 0 Å². The second kappa shape index (κ2) is 9.73. The SMILES string of the molecule is CC(C)C1=CC=C[C]1[SiH2]c1ccccc1.CCNCC. The lowest BCUT2D eigenvalue weighted by Crippen LogP contribution is -2.22. The monoisotopic (exact) mass is 286 g/mol. The predicted octanol–water partition coefficient (Wildman–Crippen LogP) is 2.78. The van der Waals surface area contributed by atoms with Crippen LogP contribution in [0.5, 0.6) is 0 Å². The molecule has 109 valence electrons. The molecule has 1 aromatic rings. The van der Waals surface area contributed by atoms with Gasteiger partial charge in [0.05, 0.1) is 9.52 Å². The highest BCUT2D eigenvalue weighted by Gasteiger charge is 2.18. The van der Waals surface area contributed by atoms with Crippen LogP contribution in [-0.4, -0.2) is 22.6 Å². The van der Waals surface area contributed by atoms with E-state index in [1.54, 1.807) is 11.1 Å². The van der Waals surface area contributed by atoms with Gasteiger partial charge in [-0.25, -0.2) is 0 Å². The van der Waals surface area contributed by atoms with E-state index in [1.807, 2.05) is 0 Å². The Balaban J connectivity index is 0.000000347. The Morgan fingerprint density at radius 1 is 1.05 bits per heavy atom. The average molecular weight is 287 g/mol. The first-order chi connectivity index (χ1) is 9.69. The second-order valence-electron chi connectivity index (χ2n) is 5.28. The minimum absolute atomic E-state index is 0.264. The first-order valence-electron chi connectivity index (χ1n) is 7.68. The van der Waals surface area contributed by atoms with Crippen molar-refractivity contribution < 1.29 is 0 Å². The molecular weight excluding hydrogens is 258 g/mol. The number of benzene rings is 1. The van der Waals surface area contributed by atoms with Gasteiger partial charge in [0.15, 0.2) is 0 Å². The summed E-state index contributed by atoms with van der Waals surface area (Å²) >= 11 is 0.